The lowest BCUT2D eigenvalue weighted by Gasteiger charge is -1.86. The maximum absolute atomic E-state index is 10.3. The minimum absolute atomic E-state index is 0.0991. The average Bonchev–Trinajstić information content (AvgIpc) is 2.14. The molecular formula is C3H5N3OS. The van der Waals surface area contributed by atoms with Crippen LogP contribution in [0.4, 0.5) is 5.82 Å². The Balaban J connectivity index is 3.01. The lowest BCUT2D eigenvalue weighted by Crippen LogP contribution is -2.08. The third kappa shape index (κ3) is 0.877. The number of hydrogen-bond acceptors (Lipinski definition) is 4. The van der Waals surface area contributed by atoms with Gasteiger partial charge in [-0.3, -0.25) is 9.78 Å². The standard InChI is InChI=1S/C3H5N3OS/c4-6-2-1-8-3(7)5-2/h1,6H,4H2,(H,5,7). The fraction of sp³-hybridized carbons (Fsp3) is 0. The molecule has 0 aliphatic heterocycles. The van der Waals surface area contributed by atoms with Crippen LogP contribution >= 0.6 is 11.3 Å². The van der Waals surface area contributed by atoms with E-state index in [0.29, 0.717) is 5.82 Å². The van der Waals surface area contributed by atoms with Crippen molar-refractivity contribution in [2.24, 2.45) is 5.84 Å². The second-order valence-corrected chi connectivity index (χ2v) is 2.05. The molecule has 0 bridgehead atoms. The molecule has 1 aromatic rings. The van der Waals surface area contributed by atoms with Gasteiger partial charge in [0.1, 0.15) is 5.82 Å². The Morgan fingerprint density at radius 3 is 2.88 bits per heavy atom. The second-order valence-electron chi connectivity index (χ2n) is 1.21. The van der Waals surface area contributed by atoms with Gasteiger partial charge in [0.15, 0.2) is 0 Å². The molecule has 0 fully saturated rings. The second kappa shape index (κ2) is 1.97. The van der Waals surface area contributed by atoms with Crippen molar-refractivity contribution in [3.8, 4) is 0 Å². The van der Waals surface area contributed by atoms with Crippen LogP contribution in [0, 0.1) is 0 Å². The van der Waals surface area contributed by atoms with Crippen molar-refractivity contribution in [3.05, 3.63) is 15.0 Å². The smallest absolute Gasteiger partial charge is 0.306 e. The highest BCUT2D eigenvalue weighted by Crippen LogP contribution is 1.97. The summed E-state index contributed by atoms with van der Waals surface area (Å²) < 4.78 is 0. The molecule has 0 radical (unpaired) electrons. The minimum Gasteiger partial charge on any atom is -0.309 e. The van der Waals surface area contributed by atoms with Crippen LogP contribution in [0.1, 0.15) is 0 Å². The Bertz CT molecular complexity index is 214. The van der Waals surface area contributed by atoms with Crippen molar-refractivity contribution in [2.75, 3.05) is 5.43 Å². The molecular weight excluding hydrogens is 126 g/mol. The number of nitrogen functional groups attached to an aromatic ring is 1. The van der Waals surface area contributed by atoms with Gasteiger partial charge in [-0.15, -0.1) is 0 Å². The van der Waals surface area contributed by atoms with Gasteiger partial charge in [0.25, 0.3) is 0 Å². The Morgan fingerprint density at radius 2 is 2.62 bits per heavy atom. The van der Waals surface area contributed by atoms with Gasteiger partial charge in [-0.2, -0.15) is 0 Å². The van der Waals surface area contributed by atoms with Gasteiger partial charge in [0, 0.05) is 5.38 Å². The number of H-pyrrole nitrogens is 1. The van der Waals surface area contributed by atoms with Crippen molar-refractivity contribution in [1.82, 2.24) is 4.98 Å². The minimum atomic E-state index is -0.0991. The topological polar surface area (TPSA) is 70.9 Å². The third-order valence-electron chi connectivity index (χ3n) is 0.676. The summed E-state index contributed by atoms with van der Waals surface area (Å²) in [5.41, 5.74) is 2.30. The highest BCUT2D eigenvalue weighted by Gasteiger charge is 1.88. The van der Waals surface area contributed by atoms with Crippen molar-refractivity contribution in [3.63, 3.8) is 0 Å². The molecule has 8 heavy (non-hydrogen) atoms. The van der Waals surface area contributed by atoms with E-state index >= 15 is 0 Å². The molecule has 0 saturated heterocycles. The van der Waals surface area contributed by atoms with Gasteiger partial charge in [-0.05, 0) is 0 Å². The molecule has 0 atom stereocenters. The van der Waals surface area contributed by atoms with Crippen LogP contribution in [0.25, 0.3) is 0 Å². The largest absolute Gasteiger partial charge is 0.309 e. The molecule has 4 N–H and O–H groups in total. The molecule has 1 rings (SSSR count). The van der Waals surface area contributed by atoms with Crippen LogP contribution in [0.2, 0.25) is 0 Å². The molecule has 0 aromatic carbocycles. The number of rotatable bonds is 1. The Labute approximate surface area is 49.3 Å². The fourth-order valence-corrected chi connectivity index (χ4v) is 0.872. The Kier molecular flexibility index (Phi) is 1.32. The van der Waals surface area contributed by atoms with E-state index in [4.69, 9.17) is 5.84 Å². The van der Waals surface area contributed by atoms with E-state index in [1.54, 1.807) is 5.38 Å². The first-order valence-electron chi connectivity index (χ1n) is 1.97. The summed E-state index contributed by atoms with van der Waals surface area (Å²) in [6.07, 6.45) is 0. The molecule has 1 heterocycles. The Morgan fingerprint density at radius 1 is 1.88 bits per heavy atom. The van der Waals surface area contributed by atoms with Gasteiger partial charge in [0.2, 0.25) is 0 Å². The first kappa shape index (κ1) is 5.33. The zero-order valence-electron chi connectivity index (χ0n) is 3.97. The van der Waals surface area contributed by atoms with Crippen molar-refractivity contribution < 1.29 is 0 Å². The maximum atomic E-state index is 10.3. The quantitative estimate of drug-likeness (QED) is 0.362. The molecule has 44 valence electrons. The van der Waals surface area contributed by atoms with E-state index in [1.165, 1.54) is 0 Å². The van der Waals surface area contributed by atoms with E-state index in [0.717, 1.165) is 11.3 Å². The molecule has 0 unspecified atom stereocenters. The highest BCUT2D eigenvalue weighted by atomic mass is 32.1. The van der Waals surface area contributed by atoms with E-state index in [2.05, 4.69) is 10.4 Å². The van der Waals surface area contributed by atoms with Crippen LogP contribution in [0.5, 0.6) is 0 Å². The first-order chi connectivity index (χ1) is 3.83. The molecule has 5 heteroatoms. The van der Waals surface area contributed by atoms with E-state index in [-0.39, 0.29) is 4.87 Å². The van der Waals surface area contributed by atoms with E-state index < -0.39 is 0 Å². The summed E-state index contributed by atoms with van der Waals surface area (Å²) in [7, 11) is 0. The number of anilines is 1. The number of thiazole rings is 1. The molecule has 0 saturated carbocycles. The molecule has 4 nitrogen and oxygen atoms in total. The van der Waals surface area contributed by atoms with Crippen LogP contribution in [0.3, 0.4) is 0 Å². The Hall–Kier alpha value is -0.810. The number of nitrogens with one attached hydrogen (secondary N) is 2. The maximum Gasteiger partial charge on any atom is 0.306 e. The van der Waals surface area contributed by atoms with Crippen LogP contribution in [-0.2, 0) is 0 Å². The van der Waals surface area contributed by atoms with E-state index in [9.17, 15) is 4.79 Å². The van der Waals surface area contributed by atoms with Crippen molar-refractivity contribution in [1.29, 1.82) is 0 Å². The van der Waals surface area contributed by atoms with Gasteiger partial charge in [0.05, 0.1) is 0 Å². The molecule has 0 aliphatic rings. The molecule has 0 amide bonds. The summed E-state index contributed by atoms with van der Waals surface area (Å²) in [6, 6.07) is 0. The molecule has 0 aliphatic carbocycles. The summed E-state index contributed by atoms with van der Waals surface area (Å²) in [5.74, 6) is 5.51. The summed E-state index contributed by atoms with van der Waals surface area (Å²) in [4.78, 5) is 12.7. The molecule has 1 aromatic heterocycles. The number of aromatic nitrogens is 1. The van der Waals surface area contributed by atoms with Crippen LogP contribution in [0.15, 0.2) is 10.2 Å². The molecule has 0 spiro atoms. The fourth-order valence-electron chi connectivity index (χ4n) is 0.351. The summed E-state index contributed by atoms with van der Waals surface area (Å²) in [6.45, 7) is 0. The van der Waals surface area contributed by atoms with Gasteiger partial charge in [-0.25, -0.2) is 5.84 Å². The predicted octanol–water partition coefficient (Wildman–Crippen LogP) is -0.278. The summed E-state index contributed by atoms with van der Waals surface area (Å²) in [5, 5.41) is 1.61. The average molecular weight is 131 g/mol. The van der Waals surface area contributed by atoms with E-state index in [1.807, 2.05) is 0 Å². The van der Waals surface area contributed by atoms with Crippen LogP contribution in [-0.4, -0.2) is 4.98 Å². The number of hydrazine groups is 1. The SMILES string of the molecule is NNc1csc(=O)[nH]1. The summed E-state index contributed by atoms with van der Waals surface area (Å²) >= 11 is 1.08. The zero-order valence-corrected chi connectivity index (χ0v) is 4.79. The van der Waals surface area contributed by atoms with Crippen molar-refractivity contribution >= 4 is 17.2 Å². The lowest BCUT2D eigenvalue weighted by atomic mass is 10.8. The normalized spacial score (nSPS) is 9.12. The van der Waals surface area contributed by atoms with Crippen LogP contribution < -0.4 is 16.1 Å². The first-order valence-corrected chi connectivity index (χ1v) is 2.85. The third-order valence-corrected chi connectivity index (χ3v) is 1.35. The number of hydrogen-bond donors (Lipinski definition) is 3. The predicted molar refractivity (Wildman–Crippen MR) is 32.7 cm³/mol. The zero-order chi connectivity index (χ0) is 5.98. The monoisotopic (exact) mass is 131 g/mol. The van der Waals surface area contributed by atoms with Crippen molar-refractivity contribution in [2.45, 2.75) is 0 Å². The highest BCUT2D eigenvalue weighted by molar-refractivity contribution is 7.07. The lowest BCUT2D eigenvalue weighted by molar-refractivity contribution is 1.24. The number of aromatic amines is 1. The van der Waals surface area contributed by atoms with Gasteiger partial charge in [-0.1, -0.05) is 11.3 Å². The van der Waals surface area contributed by atoms with Gasteiger partial charge < -0.3 is 5.43 Å². The van der Waals surface area contributed by atoms with Gasteiger partial charge >= 0.3 is 4.87 Å². The number of nitrogens with two attached hydrogens (primary N) is 1.